The van der Waals surface area contributed by atoms with Crippen LogP contribution >= 0.6 is 0 Å². The molecule has 0 bridgehead atoms. The molecule has 1 aromatic heterocycles. The molecule has 0 unspecified atom stereocenters. The number of nitrogens with zero attached hydrogens (tertiary/aromatic N) is 1. The van der Waals surface area contributed by atoms with Crippen molar-refractivity contribution in [3.63, 3.8) is 0 Å². The molecule has 0 saturated carbocycles. The number of pyridine rings is 1. The molecule has 28 heavy (non-hydrogen) atoms. The molecule has 0 aliphatic carbocycles. The van der Waals surface area contributed by atoms with Gasteiger partial charge in [0.25, 0.3) is 5.91 Å². The van der Waals surface area contributed by atoms with Crippen LogP contribution in [0.3, 0.4) is 0 Å². The average Bonchev–Trinajstić information content (AvgIpc) is 2.65. The predicted octanol–water partition coefficient (Wildman–Crippen LogP) is 4.51. The molecule has 144 valence electrons. The fourth-order valence-corrected chi connectivity index (χ4v) is 2.67. The van der Waals surface area contributed by atoms with Crippen molar-refractivity contribution in [3.8, 4) is 0 Å². The minimum atomic E-state index is -0.569. The highest BCUT2D eigenvalue weighted by Gasteiger charge is 2.16. The number of fused-ring (bicyclic) bond motifs is 1. The lowest BCUT2D eigenvalue weighted by Gasteiger charge is -2.20. The van der Waals surface area contributed by atoms with Gasteiger partial charge in [0.2, 0.25) is 0 Å². The Bertz CT molecular complexity index is 1010. The summed E-state index contributed by atoms with van der Waals surface area (Å²) in [7, 11) is 0. The Hall–Kier alpha value is -3.41. The third-order valence-corrected chi connectivity index (χ3v) is 3.94. The lowest BCUT2D eigenvalue weighted by Crippen LogP contribution is -2.32. The second kappa shape index (κ2) is 8.08. The van der Waals surface area contributed by atoms with Crippen molar-refractivity contribution in [1.29, 1.82) is 0 Å². The van der Waals surface area contributed by atoms with Gasteiger partial charge in [-0.3, -0.25) is 9.78 Å². The molecule has 3 aromatic rings. The summed E-state index contributed by atoms with van der Waals surface area (Å²) in [4.78, 5) is 28.9. The molecular formula is C22H23N3O3. The van der Waals surface area contributed by atoms with Gasteiger partial charge in [-0.25, -0.2) is 4.79 Å². The minimum Gasteiger partial charge on any atom is -0.444 e. The number of benzene rings is 2. The van der Waals surface area contributed by atoms with Gasteiger partial charge in [0.15, 0.2) is 0 Å². The van der Waals surface area contributed by atoms with Gasteiger partial charge in [-0.1, -0.05) is 36.4 Å². The highest BCUT2D eigenvalue weighted by Crippen LogP contribution is 2.18. The van der Waals surface area contributed by atoms with E-state index in [0.29, 0.717) is 11.3 Å². The highest BCUT2D eigenvalue weighted by atomic mass is 16.6. The summed E-state index contributed by atoms with van der Waals surface area (Å²) in [5, 5.41) is 6.50. The normalized spacial score (nSPS) is 11.1. The number of hydrogen-bond donors (Lipinski definition) is 2. The average molecular weight is 377 g/mol. The quantitative estimate of drug-likeness (QED) is 0.701. The molecule has 2 aromatic carbocycles. The van der Waals surface area contributed by atoms with Crippen LogP contribution in [-0.2, 0) is 11.3 Å². The van der Waals surface area contributed by atoms with Gasteiger partial charge in [-0.15, -0.1) is 0 Å². The summed E-state index contributed by atoms with van der Waals surface area (Å²) in [6.07, 6.45) is 1.05. The third kappa shape index (κ3) is 5.07. The SMILES string of the molecule is CC(C)(C)OC(=O)NCc1ccccc1NC(=O)c1cnc2ccccc2c1. The summed E-state index contributed by atoms with van der Waals surface area (Å²) < 4.78 is 5.24. The molecule has 6 nitrogen and oxygen atoms in total. The largest absolute Gasteiger partial charge is 0.444 e. The van der Waals surface area contributed by atoms with Crippen molar-refractivity contribution in [2.45, 2.75) is 32.9 Å². The van der Waals surface area contributed by atoms with Crippen LogP contribution in [0.15, 0.2) is 60.8 Å². The number of para-hydroxylation sites is 2. The van der Waals surface area contributed by atoms with Crippen LogP contribution in [0.2, 0.25) is 0 Å². The summed E-state index contributed by atoms with van der Waals surface area (Å²) >= 11 is 0. The fourth-order valence-electron chi connectivity index (χ4n) is 2.67. The first kappa shape index (κ1) is 19.4. The summed E-state index contributed by atoms with van der Waals surface area (Å²) in [6.45, 7) is 5.65. The van der Waals surface area contributed by atoms with E-state index in [-0.39, 0.29) is 12.5 Å². The van der Waals surface area contributed by atoms with Crippen LogP contribution < -0.4 is 10.6 Å². The number of anilines is 1. The molecule has 1 heterocycles. The molecule has 6 heteroatoms. The zero-order valence-electron chi connectivity index (χ0n) is 16.2. The number of amides is 2. The van der Waals surface area contributed by atoms with Crippen LogP contribution in [0, 0.1) is 0 Å². The van der Waals surface area contributed by atoms with Crippen LogP contribution in [-0.4, -0.2) is 22.6 Å². The van der Waals surface area contributed by atoms with E-state index < -0.39 is 11.7 Å². The molecule has 0 saturated heterocycles. The summed E-state index contributed by atoms with van der Waals surface area (Å²) in [6, 6.07) is 16.7. The minimum absolute atomic E-state index is 0.237. The maximum Gasteiger partial charge on any atom is 0.407 e. The summed E-state index contributed by atoms with van der Waals surface area (Å²) in [5.74, 6) is -0.261. The Kier molecular flexibility index (Phi) is 5.59. The number of alkyl carbamates (subject to hydrolysis) is 1. The second-order valence-electron chi connectivity index (χ2n) is 7.38. The van der Waals surface area contributed by atoms with Crippen molar-refractivity contribution in [1.82, 2.24) is 10.3 Å². The van der Waals surface area contributed by atoms with Crippen LogP contribution in [0.5, 0.6) is 0 Å². The molecule has 0 atom stereocenters. The van der Waals surface area contributed by atoms with E-state index in [1.165, 1.54) is 0 Å². The standard InChI is InChI=1S/C22H23N3O3/c1-22(2,3)28-21(27)24-13-16-9-5-7-11-19(16)25-20(26)17-12-15-8-4-6-10-18(15)23-14-17/h4-12,14H,13H2,1-3H3,(H,24,27)(H,25,26). The van der Waals surface area contributed by atoms with Crippen LogP contribution in [0.4, 0.5) is 10.5 Å². The molecule has 0 aliphatic heterocycles. The molecular weight excluding hydrogens is 354 g/mol. The fraction of sp³-hybridized carbons (Fsp3) is 0.227. The van der Waals surface area contributed by atoms with Crippen molar-refractivity contribution in [2.75, 3.05) is 5.32 Å². The maximum atomic E-state index is 12.7. The number of carbonyl (C=O) groups excluding carboxylic acids is 2. The monoisotopic (exact) mass is 377 g/mol. The zero-order chi connectivity index (χ0) is 20.1. The lowest BCUT2D eigenvalue weighted by atomic mass is 10.1. The Morgan fingerprint density at radius 3 is 2.54 bits per heavy atom. The maximum absolute atomic E-state index is 12.7. The van der Waals surface area contributed by atoms with E-state index in [2.05, 4.69) is 15.6 Å². The Labute approximate surface area is 163 Å². The van der Waals surface area contributed by atoms with Crippen molar-refractivity contribution in [2.24, 2.45) is 0 Å². The first-order valence-corrected chi connectivity index (χ1v) is 9.03. The van der Waals surface area contributed by atoms with Gasteiger partial charge < -0.3 is 15.4 Å². The number of aromatic nitrogens is 1. The van der Waals surface area contributed by atoms with E-state index >= 15 is 0 Å². The first-order valence-electron chi connectivity index (χ1n) is 9.03. The number of hydrogen-bond acceptors (Lipinski definition) is 4. The molecule has 0 radical (unpaired) electrons. The molecule has 0 spiro atoms. The Morgan fingerprint density at radius 2 is 1.75 bits per heavy atom. The van der Waals surface area contributed by atoms with E-state index in [4.69, 9.17) is 4.74 Å². The molecule has 2 N–H and O–H groups in total. The van der Waals surface area contributed by atoms with E-state index in [9.17, 15) is 9.59 Å². The lowest BCUT2D eigenvalue weighted by molar-refractivity contribution is 0.0523. The third-order valence-electron chi connectivity index (χ3n) is 3.94. The van der Waals surface area contributed by atoms with Gasteiger partial charge in [-0.05, 0) is 44.5 Å². The van der Waals surface area contributed by atoms with Crippen LogP contribution in [0.1, 0.15) is 36.7 Å². The predicted molar refractivity (Wildman–Crippen MR) is 109 cm³/mol. The number of carbonyl (C=O) groups is 2. The van der Waals surface area contributed by atoms with Crippen molar-refractivity contribution >= 4 is 28.6 Å². The van der Waals surface area contributed by atoms with Crippen molar-refractivity contribution in [3.05, 3.63) is 71.9 Å². The van der Waals surface area contributed by atoms with E-state index in [1.54, 1.807) is 39.1 Å². The first-order chi connectivity index (χ1) is 13.3. The number of rotatable bonds is 4. The smallest absolute Gasteiger partial charge is 0.407 e. The second-order valence-corrected chi connectivity index (χ2v) is 7.38. The summed E-state index contributed by atoms with van der Waals surface area (Å²) in [5.41, 5.74) is 2.13. The Morgan fingerprint density at radius 1 is 1.04 bits per heavy atom. The number of ether oxygens (including phenoxy) is 1. The van der Waals surface area contributed by atoms with Gasteiger partial charge >= 0.3 is 6.09 Å². The number of nitrogens with one attached hydrogen (secondary N) is 2. The van der Waals surface area contributed by atoms with Crippen LogP contribution in [0.25, 0.3) is 10.9 Å². The highest BCUT2D eigenvalue weighted by molar-refractivity contribution is 6.06. The van der Waals surface area contributed by atoms with Gasteiger partial charge in [-0.2, -0.15) is 0 Å². The zero-order valence-corrected chi connectivity index (χ0v) is 16.2. The van der Waals surface area contributed by atoms with Gasteiger partial charge in [0, 0.05) is 23.8 Å². The van der Waals surface area contributed by atoms with Gasteiger partial charge in [0.1, 0.15) is 5.60 Å². The van der Waals surface area contributed by atoms with Gasteiger partial charge in [0.05, 0.1) is 11.1 Å². The van der Waals surface area contributed by atoms with Crippen molar-refractivity contribution < 1.29 is 14.3 Å². The topological polar surface area (TPSA) is 80.3 Å². The molecule has 3 rings (SSSR count). The van der Waals surface area contributed by atoms with E-state index in [1.807, 2.05) is 42.5 Å². The molecule has 0 aliphatic rings. The Balaban J connectivity index is 1.71. The van der Waals surface area contributed by atoms with E-state index in [0.717, 1.165) is 16.5 Å². The molecule has 2 amide bonds. The molecule has 0 fully saturated rings.